The molecular weight excluding hydrogens is 488 g/mol. The van der Waals surface area contributed by atoms with E-state index >= 15 is 0 Å². The number of fused-ring (bicyclic) bond motifs is 1. The lowest BCUT2D eigenvalue weighted by Crippen LogP contribution is -2.66. The number of carbonyl (C=O) groups is 3. The van der Waals surface area contributed by atoms with Gasteiger partial charge in [0.2, 0.25) is 10.0 Å². The van der Waals surface area contributed by atoms with Gasteiger partial charge in [0.05, 0.1) is 19.1 Å². The molecule has 3 rings (SSSR count). The molecule has 36 heavy (non-hydrogen) atoms. The van der Waals surface area contributed by atoms with Crippen LogP contribution in [0.1, 0.15) is 37.7 Å². The fourth-order valence-corrected chi connectivity index (χ4v) is 5.67. The van der Waals surface area contributed by atoms with E-state index in [0.717, 1.165) is 12.0 Å². The van der Waals surface area contributed by atoms with Gasteiger partial charge in [0.15, 0.2) is 11.8 Å². The van der Waals surface area contributed by atoms with Gasteiger partial charge in [0.1, 0.15) is 6.04 Å². The Bertz CT molecular complexity index is 1020. The summed E-state index contributed by atoms with van der Waals surface area (Å²) in [6, 6.07) is 4.95. The second-order valence-electron chi connectivity index (χ2n) is 9.15. The molecule has 0 aliphatic carbocycles. The third-order valence-corrected chi connectivity index (χ3v) is 8.09. The average molecular weight is 525 g/mol. The number of aryl methyl sites for hydroxylation is 1. The van der Waals surface area contributed by atoms with Gasteiger partial charge >= 0.3 is 11.9 Å². The van der Waals surface area contributed by atoms with E-state index in [9.17, 15) is 22.8 Å². The van der Waals surface area contributed by atoms with Crippen molar-refractivity contribution in [2.75, 3.05) is 40.4 Å². The van der Waals surface area contributed by atoms with Gasteiger partial charge in [-0.1, -0.05) is 17.7 Å². The molecule has 12 heteroatoms. The summed E-state index contributed by atoms with van der Waals surface area (Å²) in [5, 5.41) is 7.06. The Morgan fingerprint density at radius 1 is 1.11 bits per heavy atom. The Morgan fingerprint density at radius 2 is 1.83 bits per heavy atom. The normalized spacial score (nSPS) is 22.0. The highest BCUT2D eigenvalue weighted by molar-refractivity contribution is 7.89. The maximum absolute atomic E-state index is 12.4. The van der Waals surface area contributed by atoms with E-state index in [4.69, 9.17) is 9.47 Å². The van der Waals surface area contributed by atoms with E-state index in [1.54, 1.807) is 29.3 Å². The third kappa shape index (κ3) is 7.10. The fraction of sp³-hybridized carbons (Fsp3) is 0.625. The molecule has 2 heterocycles. The summed E-state index contributed by atoms with van der Waals surface area (Å²) in [5.41, 5.74) is 0.980. The SMILES string of the molecule is COC(=O)C(CCCCNS(=O)(=O)c1ccc(C)cc1)NC1CCN2CCC(=O)C(C(=O)OC)N2C1. The Hall–Kier alpha value is -2.38. The zero-order chi connectivity index (χ0) is 26.3. The first-order chi connectivity index (χ1) is 17.2. The highest BCUT2D eigenvalue weighted by atomic mass is 32.2. The Labute approximate surface area is 212 Å². The number of esters is 2. The van der Waals surface area contributed by atoms with Gasteiger partial charge < -0.3 is 14.8 Å². The van der Waals surface area contributed by atoms with E-state index in [1.807, 2.05) is 11.9 Å². The molecule has 3 unspecified atom stereocenters. The molecule has 1 aromatic carbocycles. The van der Waals surface area contributed by atoms with Crippen molar-refractivity contribution in [2.45, 2.75) is 62.0 Å². The molecule has 11 nitrogen and oxygen atoms in total. The lowest BCUT2D eigenvalue weighted by atomic mass is 10.0. The lowest BCUT2D eigenvalue weighted by Gasteiger charge is -2.47. The molecule has 2 aliphatic rings. The van der Waals surface area contributed by atoms with Crippen LogP contribution in [0.25, 0.3) is 0 Å². The molecule has 0 bridgehead atoms. The predicted octanol–water partition coefficient (Wildman–Crippen LogP) is 0.381. The minimum absolute atomic E-state index is 0.136. The van der Waals surface area contributed by atoms with Crippen LogP contribution < -0.4 is 10.0 Å². The number of ketones is 1. The molecule has 2 fully saturated rings. The maximum atomic E-state index is 12.4. The number of rotatable bonds is 11. The van der Waals surface area contributed by atoms with Crippen molar-refractivity contribution in [3.8, 4) is 0 Å². The highest BCUT2D eigenvalue weighted by Gasteiger charge is 2.43. The molecule has 0 amide bonds. The van der Waals surface area contributed by atoms with Gasteiger partial charge in [-0.05, 0) is 44.7 Å². The molecule has 2 N–H and O–H groups in total. The van der Waals surface area contributed by atoms with Gasteiger partial charge in [-0.25, -0.2) is 28.0 Å². The topological polar surface area (TPSA) is 134 Å². The van der Waals surface area contributed by atoms with Gasteiger partial charge in [-0.2, -0.15) is 0 Å². The van der Waals surface area contributed by atoms with Crippen LogP contribution in [-0.2, 0) is 33.9 Å². The van der Waals surface area contributed by atoms with E-state index in [0.29, 0.717) is 45.3 Å². The lowest BCUT2D eigenvalue weighted by molar-refractivity contribution is -0.175. The minimum atomic E-state index is -3.58. The highest BCUT2D eigenvalue weighted by Crippen LogP contribution is 2.23. The molecule has 0 radical (unpaired) electrons. The number of hydrogen-bond acceptors (Lipinski definition) is 10. The van der Waals surface area contributed by atoms with Gasteiger partial charge in [0, 0.05) is 38.6 Å². The van der Waals surface area contributed by atoms with Crippen LogP contribution in [0.15, 0.2) is 29.2 Å². The number of ether oxygens (including phenoxy) is 2. The summed E-state index contributed by atoms with van der Waals surface area (Å²) in [6.45, 7) is 3.72. The number of benzene rings is 1. The molecule has 0 saturated carbocycles. The summed E-state index contributed by atoms with van der Waals surface area (Å²) < 4.78 is 37.3. The zero-order valence-corrected chi connectivity index (χ0v) is 21.9. The number of methoxy groups -OCH3 is 2. The Kier molecular flexibility index (Phi) is 9.97. The first-order valence-electron chi connectivity index (χ1n) is 12.2. The summed E-state index contributed by atoms with van der Waals surface area (Å²) in [4.78, 5) is 37.3. The third-order valence-electron chi connectivity index (χ3n) is 6.62. The standard InChI is InChI=1S/C24H36N4O7S/c1-17-7-9-19(10-8-17)36(32,33)25-13-5-4-6-20(23(30)34-2)26-18-11-14-27-15-12-21(29)22(24(31)35-3)28(27)16-18/h7-10,18,20,22,25-26H,4-6,11-16H2,1-3H3. The van der Waals surface area contributed by atoms with Gasteiger partial charge in [-0.3, -0.25) is 9.59 Å². The molecule has 0 spiro atoms. The second kappa shape index (κ2) is 12.7. The average Bonchev–Trinajstić information content (AvgIpc) is 2.87. The number of carbonyl (C=O) groups excluding carboxylic acids is 3. The number of Topliss-reactive ketones (excluding diaryl/α,β-unsaturated/α-hetero) is 1. The van der Waals surface area contributed by atoms with E-state index in [2.05, 4.69) is 10.0 Å². The number of sulfonamides is 1. The Balaban J connectivity index is 1.52. The predicted molar refractivity (Wildman–Crippen MR) is 131 cm³/mol. The monoisotopic (exact) mass is 524 g/mol. The van der Waals surface area contributed by atoms with Crippen LogP contribution >= 0.6 is 0 Å². The maximum Gasteiger partial charge on any atom is 0.332 e. The van der Waals surface area contributed by atoms with Gasteiger partial charge in [0.25, 0.3) is 0 Å². The van der Waals surface area contributed by atoms with E-state index < -0.39 is 34.0 Å². The number of nitrogens with one attached hydrogen (secondary N) is 2. The number of hydrazine groups is 1. The fourth-order valence-electron chi connectivity index (χ4n) is 4.59. The van der Waals surface area contributed by atoms with Crippen LogP contribution in [0.3, 0.4) is 0 Å². The van der Waals surface area contributed by atoms with Crippen molar-refractivity contribution in [3.05, 3.63) is 29.8 Å². The molecular formula is C24H36N4O7S. The van der Waals surface area contributed by atoms with Crippen molar-refractivity contribution in [1.29, 1.82) is 0 Å². The summed E-state index contributed by atoms with van der Waals surface area (Å²) in [5.74, 6) is -1.16. The first kappa shape index (κ1) is 28.2. The molecule has 2 aliphatic heterocycles. The Morgan fingerprint density at radius 3 is 2.50 bits per heavy atom. The van der Waals surface area contributed by atoms with Crippen molar-refractivity contribution >= 4 is 27.7 Å². The van der Waals surface area contributed by atoms with Crippen molar-refractivity contribution in [2.24, 2.45) is 0 Å². The van der Waals surface area contributed by atoms with Crippen LogP contribution in [0, 0.1) is 6.92 Å². The molecule has 200 valence electrons. The molecule has 2 saturated heterocycles. The summed E-state index contributed by atoms with van der Waals surface area (Å²) in [6.07, 6.45) is 2.63. The van der Waals surface area contributed by atoms with Gasteiger partial charge in [-0.15, -0.1) is 0 Å². The number of nitrogens with zero attached hydrogens (tertiary/aromatic N) is 2. The van der Waals surface area contributed by atoms with Crippen molar-refractivity contribution in [3.63, 3.8) is 0 Å². The molecule has 1 aromatic rings. The zero-order valence-electron chi connectivity index (χ0n) is 21.1. The minimum Gasteiger partial charge on any atom is -0.468 e. The van der Waals surface area contributed by atoms with Crippen molar-refractivity contribution < 1.29 is 32.3 Å². The number of hydrogen-bond donors (Lipinski definition) is 2. The quantitative estimate of drug-likeness (QED) is 0.238. The van der Waals surface area contributed by atoms with Crippen LogP contribution in [0.5, 0.6) is 0 Å². The van der Waals surface area contributed by atoms with Crippen LogP contribution in [-0.4, -0.2) is 94.7 Å². The van der Waals surface area contributed by atoms with Crippen LogP contribution in [0.4, 0.5) is 0 Å². The van der Waals surface area contributed by atoms with E-state index in [1.165, 1.54) is 14.2 Å². The largest absolute Gasteiger partial charge is 0.468 e. The second-order valence-corrected chi connectivity index (χ2v) is 10.9. The van der Waals surface area contributed by atoms with Crippen LogP contribution in [0.2, 0.25) is 0 Å². The first-order valence-corrected chi connectivity index (χ1v) is 13.7. The summed E-state index contributed by atoms with van der Waals surface area (Å²) >= 11 is 0. The molecule has 3 atom stereocenters. The molecule has 0 aromatic heterocycles. The number of unbranched alkanes of at least 4 members (excludes halogenated alkanes) is 1. The summed E-state index contributed by atoms with van der Waals surface area (Å²) in [7, 11) is -0.993. The smallest absolute Gasteiger partial charge is 0.332 e. The van der Waals surface area contributed by atoms with E-state index in [-0.39, 0.29) is 23.3 Å². The van der Waals surface area contributed by atoms with Crippen molar-refractivity contribution in [1.82, 2.24) is 20.1 Å².